The molecule has 0 N–H and O–H groups in total. The van der Waals surface area contributed by atoms with E-state index < -0.39 is 0 Å². The van der Waals surface area contributed by atoms with E-state index in [1.165, 1.54) is 60.5 Å². The van der Waals surface area contributed by atoms with Gasteiger partial charge in [-0.15, -0.1) is 0 Å². The summed E-state index contributed by atoms with van der Waals surface area (Å²) in [6.45, 7) is 2.14. The molecular formula is C33H24. The van der Waals surface area contributed by atoms with E-state index in [1.54, 1.807) is 0 Å². The van der Waals surface area contributed by atoms with Gasteiger partial charge in [-0.1, -0.05) is 115 Å². The largest absolute Gasteiger partial charge is 0.0616 e. The summed E-state index contributed by atoms with van der Waals surface area (Å²) in [4.78, 5) is 0. The molecule has 6 rings (SSSR count). The zero-order valence-corrected chi connectivity index (χ0v) is 18.6. The van der Waals surface area contributed by atoms with Crippen LogP contribution in [0.25, 0.3) is 54.9 Å². The van der Waals surface area contributed by atoms with Gasteiger partial charge >= 0.3 is 0 Å². The summed E-state index contributed by atoms with van der Waals surface area (Å²) < 4.78 is 0. The second-order valence-corrected chi connectivity index (χ2v) is 8.72. The third kappa shape index (κ3) is 3.60. The van der Waals surface area contributed by atoms with Crippen LogP contribution in [-0.4, -0.2) is 0 Å². The highest BCUT2D eigenvalue weighted by Gasteiger charge is 2.11. The second kappa shape index (κ2) is 8.07. The molecule has 0 fully saturated rings. The highest BCUT2D eigenvalue weighted by atomic mass is 14.1. The van der Waals surface area contributed by atoms with E-state index in [4.69, 9.17) is 0 Å². The molecule has 0 spiro atoms. The molecule has 0 aliphatic carbocycles. The summed E-state index contributed by atoms with van der Waals surface area (Å²) in [6.07, 6.45) is 0. The van der Waals surface area contributed by atoms with Crippen LogP contribution >= 0.6 is 0 Å². The summed E-state index contributed by atoms with van der Waals surface area (Å²) in [7, 11) is 0. The summed E-state index contributed by atoms with van der Waals surface area (Å²) in [5, 5.41) is 5.10. The standard InChI is InChI=1S/C33H24/c1-23-16-18-24(19-17-23)27-20-28(32-14-6-10-25-8-2-4-12-30(25)32)22-29(21-27)33-15-7-11-26-9-3-5-13-31(26)33/h2-22H,1H3. The Balaban J connectivity index is 1.64. The molecule has 0 bridgehead atoms. The van der Waals surface area contributed by atoms with Crippen LogP contribution in [0.15, 0.2) is 127 Å². The normalized spacial score (nSPS) is 11.2. The van der Waals surface area contributed by atoms with Crippen molar-refractivity contribution in [1.82, 2.24) is 0 Å². The maximum absolute atomic E-state index is 2.35. The predicted octanol–water partition coefficient (Wildman–Crippen LogP) is 9.30. The number of benzene rings is 6. The molecular weight excluding hydrogens is 396 g/mol. The van der Waals surface area contributed by atoms with Gasteiger partial charge in [0.05, 0.1) is 0 Å². The Morgan fingerprint density at radius 2 is 0.818 bits per heavy atom. The Labute approximate surface area is 194 Å². The minimum absolute atomic E-state index is 1.24. The molecule has 0 unspecified atom stereocenters. The molecule has 0 amide bonds. The van der Waals surface area contributed by atoms with Crippen LogP contribution in [0.3, 0.4) is 0 Å². The molecule has 0 aliphatic heterocycles. The molecule has 6 aromatic carbocycles. The highest BCUT2D eigenvalue weighted by molar-refractivity contribution is 6.01. The predicted molar refractivity (Wildman–Crippen MR) is 142 cm³/mol. The van der Waals surface area contributed by atoms with Crippen molar-refractivity contribution in [2.45, 2.75) is 6.92 Å². The number of rotatable bonds is 3. The van der Waals surface area contributed by atoms with E-state index in [9.17, 15) is 0 Å². The van der Waals surface area contributed by atoms with Crippen LogP contribution in [-0.2, 0) is 0 Å². The molecule has 0 saturated heterocycles. The topological polar surface area (TPSA) is 0 Å². The number of aryl methyl sites for hydroxylation is 1. The lowest BCUT2D eigenvalue weighted by atomic mass is 9.90. The highest BCUT2D eigenvalue weighted by Crippen LogP contribution is 2.37. The zero-order valence-electron chi connectivity index (χ0n) is 18.6. The van der Waals surface area contributed by atoms with Gasteiger partial charge in [0.2, 0.25) is 0 Å². The van der Waals surface area contributed by atoms with E-state index in [0.717, 1.165) is 0 Å². The van der Waals surface area contributed by atoms with Crippen LogP contribution in [0.1, 0.15) is 5.56 Å². The van der Waals surface area contributed by atoms with Crippen molar-refractivity contribution in [3.8, 4) is 33.4 Å². The van der Waals surface area contributed by atoms with Gasteiger partial charge in [-0.25, -0.2) is 0 Å². The number of hydrogen-bond donors (Lipinski definition) is 0. The first-order valence-corrected chi connectivity index (χ1v) is 11.4. The SMILES string of the molecule is Cc1ccc(-c2cc(-c3cccc4ccccc34)cc(-c3cccc4ccccc34)c2)cc1. The average Bonchev–Trinajstić information content (AvgIpc) is 2.88. The Bertz CT molecular complexity index is 1500. The smallest absolute Gasteiger partial charge is 0.0105 e. The van der Waals surface area contributed by atoms with Gasteiger partial charge in [0.15, 0.2) is 0 Å². The minimum atomic E-state index is 1.24. The van der Waals surface area contributed by atoms with Gasteiger partial charge in [-0.3, -0.25) is 0 Å². The number of fused-ring (bicyclic) bond motifs is 2. The molecule has 156 valence electrons. The van der Waals surface area contributed by atoms with Crippen LogP contribution < -0.4 is 0 Å². The summed E-state index contributed by atoms with van der Waals surface area (Å²) in [5.41, 5.74) is 8.78. The molecule has 0 atom stereocenters. The van der Waals surface area contributed by atoms with Crippen LogP contribution in [0.2, 0.25) is 0 Å². The lowest BCUT2D eigenvalue weighted by molar-refractivity contribution is 1.47. The molecule has 0 nitrogen and oxygen atoms in total. The van der Waals surface area contributed by atoms with Crippen molar-refractivity contribution in [2.24, 2.45) is 0 Å². The first kappa shape index (κ1) is 19.5. The Morgan fingerprint density at radius 3 is 1.36 bits per heavy atom. The van der Waals surface area contributed by atoms with Crippen LogP contribution in [0.5, 0.6) is 0 Å². The van der Waals surface area contributed by atoms with Gasteiger partial charge in [0.25, 0.3) is 0 Å². The van der Waals surface area contributed by atoms with Crippen molar-refractivity contribution in [3.63, 3.8) is 0 Å². The maximum Gasteiger partial charge on any atom is -0.0105 e. The quantitative estimate of drug-likeness (QED) is 0.267. The Morgan fingerprint density at radius 1 is 0.364 bits per heavy atom. The zero-order chi connectivity index (χ0) is 22.2. The fourth-order valence-electron chi connectivity index (χ4n) is 4.81. The van der Waals surface area contributed by atoms with E-state index >= 15 is 0 Å². The third-order valence-electron chi connectivity index (χ3n) is 6.52. The molecule has 0 aliphatic rings. The molecule has 0 heteroatoms. The minimum Gasteiger partial charge on any atom is -0.0616 e. The lowest BCUT2D eigenvalue weighted by Crippen LogP contribution is -1.88. The molecule has 0 aromatic heterocycles. The second-order valence-electron chi connectivity index (χ2n) is 8.72. The van der Waals surface area contributed by atoms with Crippen molar-refractivity contribution < 1.29 is 0 Å². The van der Waals surface area contributed by atoms with Gasteiger partial charge in [0, 0.05) is 0 Å². The van der Waals surface area contributed by atoms with Gasteiger partial charge < -0.3 is 0 Å². The maximum atomic E-state index is 2.35. The molecule has 33 heavy (non-hydrogen) atoms. The van der Waals surface area contributed by atoms with Crippen molar-refractivity contribution in [1.29, 1.82) is 0 Å². The van der Waals surface area contributed by atoms with E-state index in [1.807, 2.05) is 0 Å². The molecule has 6 aromatic rings. The fraction of sp³-hybridized carbons (Fsp3) is 0.0303. The molecule has 0 heterocycles. The van der Waals surface area contributed by atoms with E-state index in [2.05, 4.69) is 134 Å². The van der Waals surface area contributed by atoms with Crippen molar-refractivity contribution >= 4 is 21.5 Å². The van der Waals surface area contributed by atoms with Gasteiger partial charge in [0.1, 0.15) is 0 Å². The number of hydrogen-bond acceptors (Lipinski definition) is 0. The third-order valence-corrected chi connectivity index (χ3v) is 6.52. The van der Waals surface area contributed by atoms with E-state index in [0.29, 0.717) is 0 Å². The van der Waals surface area contributed by atoms with Gasteiger partial charge in [-0.05, 0) is 80.0 Å². The fourth-order valence-corrected chi connectivity index (χ4v) is 4.81. The molecule has 0 saturated carbocycles. The lowest BCUT2D eigenvalue weighted by Gasteiger charge is -2.14. The summed E-state index contributed by atoms with van der Waals surface area (Å²) in [5.74, 6) is 0. The van der Waals surface area contributed by atoms with Crippen molar-refractivity contribution in [2.75, 3.05) is 0 Å². The van der Waals surface area contributed by atoms with Crippen LogP contribution in [0, 0.1) is 6.92 Å². The summed E-state index contributed by atoms with van der Waals surface area (Å²) in [6, 6.07) is 46.3. The van der Waals surface area contributed by atoms with Crippen LogP contribution in [0.4, 0.5) is 0 Å². The van der Waals surface area contributed by atoms with Gasteiger partial charge in [-0.2, -0.15) is 0 Å². The molecule has 0 radical (unpaired) electrons. The Hall–Kier alpha value is -4.16. The first-order chi connectivity index (χ1) is 16.3. The average molecular weight is 421 g/mol. The Kier molecular flexibility index (Phi) is 4.78. The van der Waals surface area contributed by atoms with Crippen molar-refractivity contribution in [3.05, 3.63) is 133 Å². The summed E-state index contributed by atoms with van der Waals surface area (Å²) >= 11 is 0. The van der Waals surface area contributed by atoms with E-state index in [-0.39, 0.29) is 0 Å². The first-order valence-electron chi connectivity index (χ1n) is 11.4. The monoisotopic (exact) mass is 420 g/mol.